The Bertz CT molecular complexity index is 1280. The van der Waals surface area contributed by atoms with Crippen LogP contribution in [0.15, 0.2) is 12.2 Å². The summed E-state index contributed by atoms with van der Waals surface area (Å²) in [6.07, 6.45) is 77.3. The van der Waals surface area contributed by atoms with Crippen LogP contribution in [-0.4, -0.2) is 68.5 Å². The van der Waals surface area contributed by atoms with Gasteiger partial charge in [0, 0.05) is 6.42 Å². The minimum absolute atomic E-state index is 0.0161. The van der Waals surface area contributed by atoms with E-state index in [0.717, 1.165) is 38.5 Å². The summed E-state index contributed by atoms with van der Waals surface area (Å²) in [6.45, 7) is 4.78. The Hall–Kier alpha value is -0.760. The van der Waals surface area contributed by atoms with E-state index in [2.05, 4.69) is 31.3 Å². The fourth-order valence-corrected chi connectivity index (χ4v) is 11.8. The Balaban J connectivity index is 3.85. The Morgan fingerprint density at radius 2 is 0.705 bits per heavy atom. The number of hydrogen-bond donors (Lipinski definition) is 2. The summed E-state index contributed by atoms with van der Waals surface area (Å²) in [5.41, 5.74) is 0. The van der Waals surface area contributed by atoms with Crippen molar-refractivity contribution in [2.45, 2.75) is 386 Å². The van der Waals surface area contributed by atoms with Crippen LogP contribution >= 0.6 is 7.82 Å². The fourth-order valence-electron chi connectivity index (χ4n) is 11.0. The summed E-state index contributed by atoms with van der Waals surface area (Å²) in [4.78, 5) is 25.6. The molecule has 0 aliphatic rings. The number of amides is 1. The summed E-state index contributed by atoms with van der Waals surface area (Å²) < 4.78 is 23.5. The molecule has 466 valence electrons. The minimum Gasteiger partial charge on any atom is -0.756 e. The molecule has 0 saturated carbocycles. The molecule has 0 aromatic rings. The molecule has 1 amide bonds. The third kappa shape index (κ3) is 62.8. The first-order chi connectivity index (χ1) is 38.0. The first-order valence-corrected chi connectivity index (χ1v) is 36.5. The number of hydrogen-bond acceptors (Lipinski definition) is 6. The van der Waals surface area contributed by atoms with Crippen LogP contribution in [0.2, 0.25) is 0 Å². The van der Waals surface area contributed by atoms with E-state index >= 15 is 0 Å². The number of aliphatic hydroxyl groups is 1. The van der Waals surface area contributed by atoms with Crippen LogP contribution in [0.3, 0.4) is 0 Å². The second-order valence-corrected chi connectivity index (χ2v) is 27.0. The van der Waals surface area contributed by atoms with Crippen LogP contribution in [0.5, 0.6) is 0 Å². The number of allylic oxidation sites excluding steroid dienone is 2. The van der Waals surface area contributed by atoms with Gasteiger partial charge in [-0.15, -0.1) is 0 Å². The zero-order valence-corrected chi connectivity index (χ0v) is 54.3. The third-order valence-electron chi connectivity index (χ3n) is 16.5. The maximum absolute atomic E-state index is 13.0. The van der Waals surface area contributed by atoms with E-state index in [1.54, 1.807) is 0 Å². The second-order valence-electron chi connectivity index (χ2n) is 25.6. The lowest BCUT2D eigenvalue weighted by Crippen LogP contribution is -2.46. The maximum atomic E-state index is 13.0. The lowest BCUT2D eigenvalue weighted by atomic mass is 10.0. The Morgan fingerprint density at radius 1 is 0.436 bits per heavy atom. The molecular weight excluding hydrogens is 984 g/mol. The molecule has 2 N–H and O–H groups in total. The van der Waals surface area contributed by atoms with Gasteiger partial charge in [0.05, 0.1) is 39.9 Å². The van der Waals surface area contributed by atoms with Gasteiger partial charge in [-0.25, -0.2) is 0 Å². The van der Waals surface area contributed by atoms with E-state index in [1.165, 1.54) is 308 Å². The van der Waals surface area contributed by atoms with Crippen molar-refractivity contribution >= 4 is 13.7 Å². The summed E-state index contributed by atoms with van der Waals surface area (Å²) in [7, 11) is 1.33. The molecule has 0 radical (unpaired) electrons. The minimum atomic E-state index is -4.57. The van der Waals surface area contributed by atoms with Crippen LogP contribution in [0.1, 0.15) is 373 Å². The van der Waals surface area contributed by atoms with Crippen LogP contribution in [0, 0.1) is 0 Å². The van der Waals surface area contributed by atoms with E-state index in [4.69, 9.17) is 9.05 Å². The fraction of sp³-hybridized carbons (Fsp3) is 0.957. The molecule has 0 aromatic carbocycles. The van der Waals surface area contributed by atoms with Crippen molar-refractivity contribution in [1.82, 2.24) is 5.32 Å². The lowest BCUT2D eigenvalue weighted by Gasteiger charge is -2.30. The van der Waals surface area contributed by atoms with Gasteiger partial charge in [-0.1, -0.05) is 341 Å². The topological polar surface area (TPSA) is 108 Å². The van der Waals surface area contributed by atoms with Gasteiger partial charge in [0.2, 0.25) is 5.91 Å². The summed E-state index contributed by atoms with van der Waals surface area (Å²) in [5, 5.41) is 14.1. The Morgan fingerprint density at radius 3 is 1.00 bits per heavy atom. The molecule has 3 atom stereocenters. The number of phosphoric acid groups is 1. The molecule has 0 spiro atoms. The highest BCUT2D eigenvalue weighted by molar-refractivity contribution is 7.45. The van der Waals surface area contributed by atoms with E-state index in [-0.39, 0.29) is 19.1 Å². The lowest BCUT2D eigenvalue weighted by molar-refractivity contribution is -0.870. The predicted octanol–water partition coefficient (Wildman–Crippen LogP) is 21.5. The van der Waals surface area contributed by atoms with Gasteiger partial charge in [0.25, 0.3) is 7.82 Å². The molecule has 78 heavy (non-hydrogen) atoms. The molecule has 0 fully saturated rings. The number of nitrogens with one attached hydrogen (secondary N) is 1. The number of unbranched alkanes of at least 4 members (excludes halogenated alkanes) is 51. The van der Waals surface area contributed by atoms with Crippen LogP contribution in [0.25, 0.3) is 0 Å². The van der Waals surface area contributed by atoms with E-state index in [9.17, 15) is 19.4 Å². The number of carbonyl (C=O) groups excluding carboxylic acids is 1. The number of carbonyl (C=O) groups is 1. The number of quaternary nitrogens is 1. The van der Waals surface area contributed by atoms with Gasteiger partial charge in [-0.3, -0.25) is 9.36 Å². The summed E-state index contributed by atoms with van der Waals surface area (Å²) in [5.74, 6) is -0.155. The molecule has 8 nitrogen and oxygen atoms in total. The molecule has 0 aliphatic heterocycles. The van der Waals surface area contributed by atoms with E-state index in [0.29, 0.717) is 23.9 Å². The number of aliphatic hydroxyl groups excluding tert-OH is 1. The highest BCUT2D eigenvalue weighted by Crippen LogP contribution is 2.38. The predicted molar refractivity (Wildman–Crippen MR) is 339 cm³/mol. The van der Waals surface area contributed by atoms with Crippen molar-refractivity contribution in [3.8, 4) is 0 Å². The molecule has 0 rings (SSSR count). The zero-order chi connectivity index (χ0) is 57.0. The van der Waals surface area contributed by atoms with Gasteiger partial charge in [-0.05, 0) is 38.5 Å². The molecule has 0 heterocycles. The van der Waals surface area contributed by atoms with Gasteiger partial charge >= 0.3 is 0 Å². The normalized spacial score (nSPS) is 13.7. The van der Waals surface area contributed by atoms with Crippen molar-refractivity contribution in [2.24, 2.45) is 0 Å². The second kappa shape index (κ2) is 60.8. The average molecular weight is 1120 g/mol. The van der Waals surface area contributed by atoms with Gasteiger partial charge in [0.15, 0.2) is 0 Å². The number of nitrogens with zero attached hydrogens (tertiary/aromatic N) is 1. The molecule has 0 saturated heterocycles. The number of likely N-dealkylation sites (N-methyl/N-ethyl adjacent to an activating group) is 1. The molecule has 3 unspecified atom stereocenters. The van der Waals surface area contributed by atoms with E-state index in [1.807, 2.05) is 21.1 Å². The molecular formula is C69H139N2O6P. The largest absolute Gasteiger partial charge is 0.756 e. The molecule has 0 aromatic heterocycles. The van der Waals surface area contributed by atoms with Crippen molar-refractivity contribution in [3.05, 3.63) is 12.2 Å². The van der Waals surface area contributed by atoms with Crippen molar-refractivity contribution in [2.75, 3.05) is 40.9 Å². The van der Waals surface area contributed by atoms with Crippen LogP contribution < -0.4 is 10.2 Å². The number of phosphoric ester groups is 1. The number of rotatable bonds is 66. The first kappa shape index (κ1) is 77.2. The molecule has 9 heteroatoms. The van der Waals surface area contributed by atoms with Crippen molar-refractivity contribution < 1.29 is 32.9 Å². The zero-order valence-electron chi connectivity index (χ0n) is 53.4. The average Bonchev–Trinajstić information content (AvgIpc) is 3.40. The highest BCUT2D eigenvalue weighted by atomic mass is 31.2. The molecule has 0 aliphatic carbocycles. The van der Waals surface area contributed by atoms with Crippen molar-refractivity contribution in [1.29, 1.82) is 0 Å². The highest BCUT2D eigenvalue weighted by Gasteiger charge is 2.24. The van der Waals surface area contributed by atoms with Crippen molar-refractivity contribution in [3.63, 3.8) is 0 Å². The Labute approximate surface area is 488 Å². The summed E-state index contributed by atoms with van der Waals surface area (Å²) in [6, 6.07) is -0.797. The third-order valence-corrected chi connectivity index (χ3v) is 17.5. The van der Waals surface area contributed by atoms with Crippen LogP contribution in [0.4, 0.5) is 0 Å². The van der Waals surface area contributed by atoms with Gasteiger partial charge in [-0.2, -0.15) is 0 Å². The van der Waals surface area contributed by atoms with Gasteiger partial charge in [0.1, 0.15) is 13.2 Å². The smallest absolute Gasteiger partial charge is 0.268 e. The molecule has 0 bridgehead atoms. The van der Waals surface area contributed by atoms with Gasteiger partial charge < -0.3 is 28.8 Å². The monoisotopic (exact) mass is 1120 g/mol. The quantitative estimate of drug-likeness (QED) is 0.0272. The van der Waals surface area contributed by atoms with Crippen LogP contribution in [-0.2, 0) is 18.4 Å². The summed E-state index contributed by atoms with van der Waals surface area (Å²) >= 11 is 0. The van der Waals surface area contributed by atoms with E-state index < -0.39 is 20.0 Å². The Kier molecular flexibility index (Phi) is 60.2. The maximum Gasteiger partial charge on any atom is 0.268 e. The standard InChI is InChI=1S/C69H139N2O6P/c1-6-8-10-12-14-16-18-20-22-24-25-26-27-28-29-30-31-32-33-34-35-36-37-38-39-40-41-42-43-44-45-47-49-51-53-55-57-59-61-63-69(73)70-67(66-77-78(74,75)76-65-64-71(3,4)5)68(72)62-60-58-56-54-52-50-48-46-23-21-19-17-15-13-11-9-7-2/h24-25,67-68,72H,6-23,26-66H2,1-5H3,(H-,70,73,74,75)/b25-24-. The first-order valence-electron chi connectivity index (χ1n) is 35.0. The SMILES string of the molecule is CCCCCCCCCC/C=C\CCCCCCCCCCCCCCCCCCCCCCCCCCCCCC(=O)NC(COP(=O)([O-])OCC[N+](C)(C)C)C(O)CCCCCCCCCCCCCCCCCCC.